The Bertz CT molecular complexity index is 381. The van der Waals surface area contributed by atoms with Crippen LogP contribution in [0.15, 0.2) is 24.8 Å². The molecule has 2 bridgehead atoms. The van der Waals surface area contributed by atoms with Gasteiger partial charge in [0.15, 0.2) is 5.79 Å². The molecular formula is C13H16O4. The normalized spacial score (nSPS) is 38.1. The summed E-state index contributed by atoms with van der Waals surface area (Å²) in [5.74, 6) is -0.928. The van der Waals surface area contributed by atoms with Crippen molar-refractivity contribution in [2.45, 2.75) is 31.2 Å². The number of allylic oxidation sites excluding steroid dienone is 1. The Morgan fingerprint density at radius 3 is 2.94 bits per heavy atom. The minimum Gasteiger partial charge on any atom is -0.458 e. The lowest BCUT2D eigenvalue weighted by Gasteiger charge is -2.50. The highest BCUT2D eigenvalue weighted by molar-refractivity contribution is 5.72. The van der Waals surface area contributed by atoms with Gasteiger partial charge in [0.1, 0.15) is 6.10 Å². The second kappa shape index (κ2) is 3.68. The first-order chi connectivity index (χ1) is 8.20. The smallest absolute Gasteiger partial charge is 0.307 e. The molecule has 0 amide bonds. The number of esters is 1. The van der Waals surface area contributed by atoms with E-state index in [1.54, 1.807) is 0 Å². The van der Waals surface area contributed by atoms with E-state index in [0.717, 1.165) is 6.42 Å². The molecule has 0 N–H and O–H groups in total. The fraction of sp³-hybridized carbons (Fsp3) is 0.615. The van der Waals surface area contributed by atoms with Gasteiger partial charge in [-0.25, -0.2) is 0 Å². The van der Waals surface area contributed by atoms with Crippen molar-refractivity contribution < 1.29 is 19.0 Å². The van der Waals surface area contributed by atoms with Gasteiger partial charge in [0, 0.05) is 11.8 Å². The lowest BCUT2D eigenvalue weighted by molar-refractivity contribution is -0.235. The SMILES string of the molecule is C=CC[C@]12CC(=O)OC(C=CC13OCCO3)C2. The number of fused-ring (bicyclic) bond motifs is 3. The van der Waals surface area contributed by atoms with E-state index in [1.807, 2.05) is 18.2 Å². The minimum absolute atomic E-state index is 0.144. The molecule has 0 saturated carbocycles. The van der Waals surface area contributed by atoms with Gasteiger partial charge in [-0.15, -0.1) is 6.58 Å². The molecule has 0 aromatic heterocycles. The Morgan fingerprint density at radius 2 is 2.24 bits per heavy atom. The highest BCUT2D eigenvalue weighted by atomic mass is 16.7. The average molecular weight is 236 g/mol. The van der Waals surface area contributed by atoms with E-state index in [2.05, 4.69) is 6.58 Å². The van der Waals surface area contributed by atoms with E-state index >= 15 is 0 Å². The van der Waals surface area contributed by atoms with Gasteiger partial charge in [0.25, 0.3) is 0 Å². The van der Waals surface area contributed by atoms with Crippen molar-refractivity contribution in [2.24, 2.45) is 5.41 Å². The van der Waals surface area contributed by atoms with Crippen LogP contribution in [0.4, 0.5) is 0 Å². The summed E-state index contributed by atoms with van der Waals surface area (Å²) in [6.07, 6.45) is 7.27. The molecule has 17 heavy (non-hydrogen) atoms. The number of hydrogen-bond donors (Lipinski definition) is 0. The van der Waals surface area contributed by atoms with Crippen LogP contribution < -0.4 is 0 Å². The molecule has 3 aliphatic rings. The average Bonchev–Trinajstić information content (AvgIpc) is 2.74. The number of carbonyl (C=O) groups is 1. The molecule has 2 atom stereocenters. The van der Waals surface area contributed by atoms with Crippen LogP contribution in [0, 0.1) is 5.41 Å². The largest absolute Gasteiger partial charge is 0.458 e. The third kappa shape index (κ3) is 1.47. The van der Waals surface area contributed by atoms with E-state index in [9.17, 15) is 4.79 Å². The lowest BCUT2D eigenvalue weighted by Crippen LogP contribution is -2.56. The van der Waals surface area contributed by atoms with E-state index in [1.165, 1.54) is 0 Å². The molecule has 2 aliphatic heterocycles. The van der Waals surface area contributed by atoms with Crippen LogP contribution in [-0.2, 0) is 19.0 Å². The van der Waals surface area contributed by atoms with Crippen molar-refractivity contribution in [1.29, 1.82) is 0 Å². The van der Waals surface area contributed by atoms with E-state index in [4.69, 9.17) is 14.2 Å². The maximum atomic E-state index is 11.7. The van der Waals surface area contributed by atoms with Crippen LogP contribution in [0.2, 0.25) is 0 Å². The molecule has 2 fully saturated rings. The predicted octanol–water partition coefficient (Wildman–Crippen LogP) is 1.57. The second-order valence-electron chi connectivity index (χ2n) is 4.91. The van der Waals surface area contributed by atoms with Crippen LogP contribution in [0.1, 0.15) is 19.3 Å². The first-order valence-electron chi connectivity index (χ1n) is 5.97. The molecule has 0 radical (unpaired) electrons. The molecule has 92 valence electrons. The minimum atomic E-state index is -0.753. The second-order valence-corrected chi connectivity index (χ2v) is 4.91. The predicted molar refractivity (Wildman–Crippen MR) is 60.1 cm³/mol. The van der Waals surface area contributed by atoms with Crippen LogP contribution >= 0.6 is 0 Å². The van der Waals surface area contributed by atoms with Gasteiger partial charge < -0.3 is 14.2 Å². The lowest BCUT2D eigenvalue weighted by atomic mass is 9.65. The van der Waals surface area contributed by atoms with Gasteiger partial charge in [-0.3, -0.25) is 4.79 Å². The van der Waals surface area contributed by atoms with E-state index < -0.39 is 5.79 Å². The molecule has 1 unspecified atom stereocenters. The quantitative estimate of drug-likeness (QED) is 0.539. The van der Waals surface area contributed by atoms with Crippen molar-refractivity contribution in [1.82, 2.24) is 0 Å². The van der Waals surface area contributed by atoms with Crippen LogP contribution in [0.3, 0.4) is 0 Å². The summed E-state index contributed by atoms with van der Waals surface area (Å²) in [5, 5.41) is 0. The fourth-order valence-corrected chi connectivity index (χ4v) is 3.17. The summed E-state index contributed by atoms with van der Waals surface area (Å²) in [6, 6.07) is 0. The molecule has 2 heterocycles. The van der Waals surface area contributed by atoms with Gasteiger partial charge in [-0.1, -0.05) is 6.08 Å². The Labute approximate surface area is 100 Å². The number of hydrogen-bond acceptors (Lipinski definition) is 4. The van der Waals surface area contributed by atoms with Gasteiger partial charge in [0.2, 0.25) is 0 Å². The standard InChI is InChI=1S/C13H16O4/c1-2-4-12-8-10(17-11(14)9-12)3-5-13(12)15-6-7-16-13/h2-3,5,10H,1,4,6-9H2/t10?,12-/m0/s1. The maximum absolute atomic E-state index is 11.7. The summed E-state index contributed by atoms with van der Waals surface area (Å²) in [5.41, 5.74) is -0.347. The van der Waals surface area contributed by atoms with Gasteiger partial charge in [0.05, 0.1) is 19.6 Å². The van der Waals surface area contributed by atoms with Crippen molar-refractivity contribution in [2.75, 3.05) is 13.2 Å². The Hall–Kier alpha value is -1.13. The van der Waals surface area contributed by atoms with Crippen LogP contribution in [0.5, 0.6) is 0 Å². The zero-order valence-electron chi connectivity index (χ0n) is 9.69. The first kappa shape index (κ1) is 11.0. The summed E-state index contributed by atoms with van der Waals surface area (Å²) < 4.78 is 16.9. The van der Waals surface area contributed by atoms with Crippen molar-refractivity contribution in [3.05, 3.63) is 24.8 Å². The molecule has 4 heteroatoms. The third-order valence-corrected chi connectivity index (χ3v) is 3.88. The van der Waals surface area contributed by atoms with Gasteiger partial charge in [-0.05, 0) is 18.6 Å². The molecule has 3 rings (SSSR count). The fourth-order valence-electron chi connectivity index (χ4n) is 3.17. The van der Waals surface area contributed by atoms with Crippen molar-refractivity contribution in [3.63, 3.8) is 0 Å². The van der Waals surface area contributed by atoms with Crippen molar-refractivity contribution >= 4 is 5.97 Å². The zero-order valence-corrected chi connectivity index (χ0v) is 9.69. The maximum Gasteiger partial charge on any atom is 0.307 e. The molecular weight excluding hydrogens is 220 g/mol. The highest BCUT2D eigenvalue weighted by Crippen LogP contribution is 2.53. The van der Waals surface area contributed by atoms with E-state index in [0.29, 0.717) is 26.1 Å². The molecule has 0 aromatic rings. The molecule has 1 aliphatic carbocycles. The Morgan fingerprint density at radius 1 is 1.47 bits per heavy atom. The Balaban J connectivity index is 2.04. The summed E-state index contributed by atoms with van der Waals surface area (Å²) >= 11 is 0. The van der Waals surface area contributed by atoms with Crippen LogP contribution in [0.25, 0.3) is 0 Å². The summed E-state index contributed by atoms with van der Waals surface area (Å²) in [7, 11) is 0. The highest BCUT2D eigenvalue weighted by Gasteiger charge is 2.59. The van der Waals surface area contributed by atoms with Crippen LogP contribution in [-0.4, -0.2) is 31.1 Å². The number of ether oxygens (including phenoxy) is 3. The molecule has 1 spiro atoms. The Kier molecular flexibility index (Phi) is 2.38. The molecule has 4 nitrogen and oxygen atoms in total. The summed E-state index contributed by atoms with van der Waals surface area (Å²) in [4.78, 5) is 11.7. The number of rotatable bonds is 2. The van der Waals surface area contributed by atoms with Crippen molar-refractivity contribution in [3.8, 4) is 0 Å². The molecule has 0 aromatic carbocycles. The first-order valence-corrected chi connectivity index (χ1v) is 5.97. The summed E-state index contributed by atoms with van der Waals surface area (Å²) in [6.45, 7) is 4.93. The van der Waals surface area contributed by atoms with Gasteiger partial charge >= 0.3 is 5.97 Å². The monoisotopic (exact) mass is 236 g/mol. The zero-order chi connectivity index (χ0) is 11.9. The van der Waals surface area contributed by atoms with Gasteiger partial charge in [-0.2, -0.15) is 0 Å². The topological polar surface area (TPSA) is 44.8 Å². The number of carbonyl (C=O) groups excluding carboxylic acids is 1. The third-order valence-electron chi connectivity index (χ3n) is 3.88. The molecule has 2 saturated heterocycles. The van der Waals surface area contributed by atoms with E-state index in [-0.39, 0.29) is 17.5 Å².